The largest absolute Gasteiger partial charge is 0.457 e. The Bertz CT molecular complexity index is 1340. The van der Waals surface area contributed by atoms with Gasteiger partial charge in [0.2, 0.25) is 0 Å². The van der Waals surface area contributed by atoms with Crippen LogP contribution in [0.1, 0.15) is 46.1 Å². The molecule has 33 heavy (non-hydrogen) atoms. The monoisotopic (exact) mass is 497 g/mol. The topological polar surface area (TPSA) is 39.2 Å². The van der Waals surface area contributed by atoms with Crippen molar-refractivity contribution < 1.29 is 9.53 Å². The molecule has 1 heterocycles. The smallest absolute Gasteiger partial charge is 0.339 e. The van der Waals surface area contributed by atoms with Gasteiger partial charge in [-0.2, -0.15) is 0 Å². The quantitative estimate of drug-likeness (QED) is 0.274. The minimum atomic E-state index is -0.291. The molecular weight excluding hydrogens is 474 g/mol. The number of hydrogen-bond donors (Lipinski definition) is 0. The molecule has 3 nitrogen and oxygen atoms in total. The van der Waals surface area contributed by atoms with Gasteiger partial charge in [0.05, 0.1) is 16.8 Å². The number of rotatable bonds is 4. The fourth-order valence-corrected chi connectivity index (χ4v) is 4.79. The van der Waals surface area contributed by atoms with Gasteiger partial charge in [0, 0.05) is 9.86 Å². The zero-order chi connectivity index (χ0) is 22.8. The molecule has 1 aromatic heterocycles. The van der Waals surface area contributed by atoms with Gasteiger partial charge in [-0.25, -0.2) is 9.78 Å². The van der Waals surface area contributed by atoms with Gasteiger partial charge >= 0.3 is 5.97 Å². The van der Waals surface area contributed by atoms with Crippen molar-refractivity contribution in [2.75, 3.05) is 0 Å². The number of pyridine rings is 1. The Morgan fingerprint density at radius 2 is 1.73 bits per heavy atom. The summed E-state index contributed by atoms with van der Waals surface area (Å²) in [6.45, 7) is 2.47. The van der Waals surface area contributed by atoms with Crippen molar-refractivity contribution in [3.05, 3.63) is 111 Å². The van der Waals surface area contributed by atoms with Crippen molar-refractivity contribution in [2.24, 2.45) is 5.92 Å². The van der Waals surface area contributed by atoms with E-state index in [-0.39, 0.29) is 12.6 Å². The molecule has 0 spiro atoms. The van der Waals surface area contributed by atoms with E-state index in [1.165, 1.54) is 5.57 Å². The lowest BCUT2D eigenvalue weighted by Crippen LogP contribution is -2.19. The van der Waals surface area contributed by atoms with E-state index in [0.29, 0.717) is 11.5 Å². The molecule has 0 N–H and O–H groups in total. The summed E-state index contributed by atoms with van der Waals surface area (Å²) < 4.78 is 6.81. The summed E-state index contributed by atoms with van der Waals surface area (Å²) in [4.78, 5) is 18.5. The van der Waals surface area contributed by atoms with Crippen LogP contribution < -0.4 is 0 Å². The highest BCUT2D eigenvalue weighted by atomic mass is 79.9. The van der Waals surface area contributed by atoms with Crippen LogP contribution in [0.5, 0.6) is 0 Å². The third-order valence-electron chi connectivity index (χ3n) is 6.05. The summed E-state index contributed by atoms with van der Waals surface area (Å²) in [7, 11) is 0. The number of halogens is 1. The lowest BCUT2D eigenvalue weighted by molar-refractivity contribution is 0.0473. The van der Waals surface area contributed by atoms with E-state index in [1.54, 1.807) is 0 Å². The molecule has 0 saturated heterocycles. The number of para-hydroxylation sites is 1. The summed E-state index contributed by atoms with van der Waals surface area (Å²) in [6.07, 6.45) is 3.94. The molecule has 1 aliphatic carbocycles. The molecule has 0 aliphatic heterocycles. The second-order valence-electron chi connectivity index (χ2n) is 8.63. The first-order valence-electron chi connectivity index (χ1n) is 11.2. The number of aromatic nitrogens is 1. The lowest BCUT2D eigenvalue weighted by Gasteiger charge is -2.26. The Balaban J connectivity index is 1.59. The fourth-order valence-electron chi connectivity index (χ4n) is 4.52. The van der Waals surface area contributed by atoms with Gasteiger partial charge < -0.3 is 4.74 Å². The zero-order valence-corrected chi connectivity index (χ0v) is 20.0. The number of benzene rings is 3. The molecule has 1 atom stereocenters. The van der Waals surface area contributed by atoms with Crippen LogP contribution in [0.2, 0.25) is 0 Å². The normalized spacial score (nSPS) is 16.5. The standard InChI is InChI=1S/C29H24BrNO2/c1-19-15-22(17-20-7-3-2-4-8-20)28-25(16-19)27(24-9-5-6-10-26(24)31-28)29(32)33-18-21-11-13-23(30)14-12-21/h2-14,17,19H,15-16,18H2,1H3. The average molecular weight is 498 g/mol. The predicted molar refractivity (Wildman–Crippen MR) is 137 cm³/mol. The molecule has 0 bridgehead atoms. The van der Waals surface area contributed by atoms with Crippen molar-refractivity contribution >= 4 is 44.5 Å². The second-order valence-corrected chi connectivity index (χ2v) is 9.54. The van der Waals surface area contributed by atoms with Crippen LogP contribution in [0.15, 0.2) is 83.3 Å². The number of hydrogen-bond acceptors (Lipinski definition) is 3. The second kappa shape index (κ2) is 9.32. The van der Waals surface area contributed by atoms with Crippen molar-refractivity contribution in [3.63, 3.8) is 0 Å². The van der Waals surface area contributed by atoms with Crippen LogP contribution >= 0.6 is 15.9 Å². The van der Waals surface area contributed by atoms with Gasteiger partial charge in [-0.15, -0.1) is 0 Å². The number of esters is 1. The van der Waals surface area contributed by atoms with E-state index in [0.717, 1.165) is 50.6 Å². The van der Waals surface area contributed by atoms with Gasteiger partial charge in [0.15, 0.2) is 0 Å². The van der Waals surface area contributed by atoms with Gasteiger partial charge in [-0.1, -0.05) is 83.5 Å². The van der Waals surface area contributed by atoms with E-state index < -0.39 is 0 Å². The number of allylic oxidation sites excluding steroid dienone is 1. The first kappa shape index (κ1) is 21.6. The van der Waals surface area contributed by atoms with Gasteiger partial charge in [0.25, 0.3) is 0 Å². The molecule has 5 rings (SSSR count). The van der Waals surface area contributed by atoms with Crippen LogP contribution in [0.3, 0.4) is 0 Å². The van der Waals surface area contributed by atoms with Crippen LogP contribution in [-0.4, -0.2) is 11.0 Å². The zero-order valence-electron chi connectivity index (χ0n) is 18.4. The maximum absolute atomic E-state index is 13.5. The Morgan fingerprint density at radius 3 is 2.52 bits per heavy atom. The van der Waals surface area contributed by atoms with Gasteiger partial charge in [-0.05, 0) is 65.3 Å². The first-order valence-corrected chi connectivity index (χ1v) is 12.0. The number of nitrogens with zero attached hydrogens (tertiary/aromatic N) is 1. The third-order valence-corrected chi connectivity index (χ3v) is 6.57. The Labute approximate surface area is 202 Å². The average Bonchev–Trinajstić information content (AvgIpc) is 2.83. The molecule has 164 valence electrons. The molecule has 4 aromatic rings. The summed E-state index contributed by atoms with van der Waals surface area (Å²) in [5.41, 5.74) is 6.65. The van der Waals surface area contributed by atoms with Gasteiger partial charge in [0.1, 0.15) is 6.61 Å². The Hall–Kier alpha value is -3.24. The lowest BCUT2D eigenvalue weighted by atomic mass is 9.80. The van der Waals surface area contributed by atoms with E-state index >= 15 is 0 Å². The summed E-state index contributed by atoms with van der Waals surface area (Å²) >= 11 is 3.45. The summed E-state index contributed by atoms with van der Waals surface area (Å²) in [5.74, 6) is 0.120. The molecule has 0 radical (unpaired) electrons. The highest BCUT2D eigenvalue weighted by Crippen LogP contribution is 2.38. The Kier molecular flexibility index (Phi) is 6.10. The molecule has 3 aromatic carbocycles. The molecule has 1 unspecified atom stereocenters. The maximum Gasteiger partial charge on any atom is 0.339 e. The van der Waals surface area contributed by atoms with Crippen LogP contribution in [0, 0.1) is 5.92 Å². The summed E-state index contributed by atoms with van der Waals surface area (Å²) in [5, 5.41) is 0.852. The fraction of sp³-hybridized carbons (Fsp3) is 0.172. The summed E-state index contributed by atoms with van der Waals surface area (Å²) in [6, 6.07) is 26.0. The minimum Gasteiger partial charge on any atom is -0.457 e. The minimum absolute atomic E-state index is 0.236. The van der Waals surface area contributed by atoms with Crippen molar-refractivity contribution in [1.29, 1.82) is 0 Å². The maximum atomic E-state index is 13.5. The number of fused-ring (bicyclic) bond motifs is 2. The highest BCUT2D eigenvalue weighted by molar-refractivity contribution is 9.10. The molecule has 0 fully saturated rings. The number of carbonyl (C=O) groups is 1. The van der Waals surface area contributed by atoms with Gasteiger partial charge in [-0.3, -0.25) is 0 Å². The predicted octanol–water partition coefficient (Wildman–Crippen LogP) is 7.48. The SMILES string of the molecule is CC1CC(=Cc2ccccc2)c2nc3ccccc3c(C(=O)OCc3ccc(Br)cc3)c2C1. The Morgan fingerprint density at radius 1 is 1.00 bits per heavy atom. The van der Waals surface area contributed by atoms with Crippen LogP contribution in [0.25, 0.3) is 22.6 Å². The van der Waals surface area contributed by atoms with E-state index in [1.807, 2.05) is 66.7 Å². The first-order chi connectivity index (χ1) is 16.1. The molecule has 0 amide bonds. The van der Waals surface area contributed by atoms with E-state index in [9.17, 15) is 4.79 Å². The molecular formula is C29H24BrNO2. The molecule has 1 aliphatic rings. The molecule has 0 saturated carbocycles. The van der Waals surface area contributed by atoms with Crippen LogP contribution in [0.4, 0.5) is 0 Å². The number of carbonyl (C=O) groups excluding carboxylic acids is 1. The molecule has 4 heteroatoms. The van der Waals surface area contributed by atoms with Crippen LogP contribution in [-0.2, 0) is 17.8 Å². The van der Waals surface area contributed by atoms with Crippen molar-refractivity contribution in [3.8, 4) is 0 Å². The van der Waals surface area contributed by atoms with E-state index in [4.69, 9.17) is 9.72 Å². The third kappa shape index (κ3) is 4.62. The van der Waals surface area contributed by atoms with Crippen molar-refractivity contribution in [1.82, 2.24) is 4.98 Å². The number of ether oxygens (including phenoxy) is 1. The van der Waals surface area contributed by atoms with E-state index in [2.05, 4.69) is 41.1 Å². The highest BCUT2D eigenvalue weighted by Gasteiger charge is 2.28. The van der Waals surface area contributed by atoms with Crippen molar-refractivity contribution in [2.45, 2.75) is 26.4 Å².